The van der Waals surface area contributed by atoms with E-state index in [1.807, 2.05) is 43.3 Å². The van der Waals surface area contributed by atoms with Crippen LogP contribution in [-0.4, -0.2) is 32.1 Å². The van der Waals surface area contributed by atoms with E-state index in [0.717, 1.165) is 30.5 Å². The molecular formula is C22H26N2O3. The number of esters is 1. The number of hydrogen-bond acceptors (Lipinski definition) is 4. The van der Waals surface area contributed by atoms with E-state index in [-0.39, 0.29) is 11.9 Å². The Bertz CT molecular complexity index is 815. The highest BCUT2D eigenvalue weighted by Gasteiger charge is 2.25. The summed E-state index contributed by atoms with van der Waals surface area (Å²) in [7, 11) is 3.87. The summed E-state index contributed by atoms with van der Waals surface area (Å²) >= 11 is 0. The second kappa shape index (κ2) is 8.25. The van der Waals surface area contributed by atoms with Crippen LogP contribution in [0.5, 0.6) is 0 Å². The maximum Gasteiger partial charge on any atom is 0.338 e. The van der Waals surface area contributed by atoms with Crippen LogP contribution in [0.25, 0.3) is 0 Å². The summed E-state index contributed by atoms with van der Waals surface area (Å²) in [5.41, 5.74) is 3.87. The number of ether oxygens (including phenoxy) is 1. The van der Waals surface area contributed by atoms with Crippen molar-refractivity contribution in [2.45, 2.75) is 38.3 Å². The fraction of sp³-hybridized carbons (Fsp3) is 0.364. The van der Waals surface area contributed by atoms with Gasteiger partial charge >= 0.3 is 5.97 Å². The molecule has 2 aromatic carbocycles. The molecule has 3 rings (SSSR count). The van der Waals surface area contributed by atoms with Gasteiger partial charge in [-0.25, -0.2) is 4.79 Å². The van der Waals surface area contributed by atoms with E-state index >= 15 is 0 Å². The van der Waals surface area contributed by atoms with Gasteiger partial charge in [0.1, 0.15) is 0 Å². The van der Waals surface area contributed by atoms with Crippen LogP contribution in [0.1, 0.15) is 47.3 Å². The quantitative estimate of drug-likeness (QED) is 0.823. The van der Waals surface area contributed by atoms with Gasteiger partial charge in [0.2, 0.25) is 0 Å². The second-order valence-electron chi connectivity index (χ2n) is 7.14. The minimum atomic E-state index is -0.847. The van der Waals surface area contributed by atoms with Gasteiger partial charge in [0.25, 0.3) is 5.91 Å². The molecule has 2 aromatic rings. The van der Waals surface area contributed by atoms with Gasteiger partial charge in [0, 0.05) is 19.8 Å². The smallest absolute Gasteiger partial charge is 0.338 e. The van der Waals surface area contributed by atoms with E-state index in [0.29, 0.717) is 5.56 Å². The molecule has 1 aliphatic rings. The van der Waals surface area contributed by atoms with Gasteiger partial charge in [-0.2, -0.15) is 0 Å². The van der Waals surface area contributed by atoms with Crippen molar-refractivity contribution in [3.63, 3.8) is 0 Å². The van der Waals surface area contributed by atoms with Crippen molar-refractivity contribution >= 4 is 17.6 Å². The molecule has 5 heteroatoms. The molecule has 0 saturated heterocycles. The Labute approximate surface area is 160 Å². The Hall–Kier alpha value is -2.82. The highest BCUT2D eigenvalue weighted by molar-refractivity contribution is 5.92. The lowest BCUT2D eigenvalue weighted by Gasteiger charge is -2.27. The summed E-state index contributed by atoms with van der Waals surface area (Å²) in [6, 6.07) is 15.3. The van der Waals surface area contributed by atoms with E-state index in [1.165, 1.54) is 5.56 Å². The van der Waals surface area contributed by atoms with Crippen LogP contribution in [0.2, 0.25) is 0 Å². The van der Waals surface area contributed by atoms with Gasteiger partial charge in [-0.05, 0) is 61.6 Å². The highest BCUT2D eigenvalue weighted by atomic mass is 16.5. The zero-order valence-electron chi connectivity index (χ0n) is 16.1. The van der Waals surface area contributed by atoms with Crippen molar-refractivity contribution in [2.24, 2.45) is 0 Å². The standard InChI is InChI=1S/C22H26N2O3/c1-15(27-22(26)17-11-13-18(14-12-17)24(2)3)21(25)23-20-10-6-8-16-7-4-5-9-19(16)20/h4-5,7,9,11-15,20H,6,8,10H2,1-3H3,(H,23,25)/t15-,20+/m1/s1. The molecule has 2 atom stereocenters. The molecule has 0 heterocycles. The molecule has 1 N–H and O–H groups in total. The first kappa shape index (κ1) is 19.0. The predicted molar refractivity (Wildman–Crippen MR) is 106 cm³/mol. The summed E-state index contributed by atoms with van der Waals surface area (Å²) in [4.78, 5) is 26.8. The minimum absolute atomic E-state index is 0.0250. The lowest BCUT2D eigenvalue weighted by Crippen LogP contribution is -2.39. The largest absolute Gasteiger partial charge is 0.449 e. The molecule has 0 spiro atoms. The first-order valence-electron chi connectivity index (χ1n) is 9.32. The van der Waals surface area contributed by atoms with Gasteiger partial charge in [-0.3, -0.25) is 4.79 Å². The monoisotopic (exact) mass is 366 g/mol. The summed E-state index contributed by atoms with van der Waals surface area (Å²) in [5.74, 6) is -0.762. The van der Waals surface area contributed by atoms with Crippen LogP contribution in [-0.2, 0) is 16.0 Å². The second-order valence-corrected chi connectivity index (χ2v) is 7.14. The van der Waals surface area contributed by atoms with E-state index in [9.17, 15) is 9.59 Å². The zero-order chi connectivity index (χ0) is 19.4. The maximum atomic E-state index is 12.5. The van der Waals surface area contributed by atoms with Crippen LogP contribution in [0.4, 0.5) is 5.69 Å². The third-order valence-corrected chi connectivity index (χ3v) is 4.96. The van der Waals surface area contributed by atoms with E-state index in [4.69, 9.17) is 4.74 Å². The molecule has 0 fully saturated rings. The average molecular weight is 366 g/mol. The lowest BCUT2D eigenvalue weighted by molar-refractivity contribution is -0.130. The Kier molecular flexibility index (Phi) is 5.79. The Morgan fingerprint density at radius 3 is 2.52 bits per heavy atom. The predicted octanol–water partition coefficient (Wildman–Crippen LogP) is 3.49. The molecule has 0 radical (unpaired) electrons. The van der Waals surface area contributed by atoms with Crippen molar-refractivity contribution in [1.29, 1.82) is 0 Å². The topological polar surface area (TPSA) is 58.6 Å². The Morgan fingerprint density at radius 1 is 1.11 bits per heavy atom. The van der Waals surface area contributed by atoms with Crippen LogP contribution in [0.15, 0.2) is 48.5 Å². The van der Waals surface area contributed by atoms with Gasteiger partial charge in [-0.15, -0.1) is 0 Å². The fourth-order valence-corrected chi connectivity index (χ4v) is 3.37. The van der Waals surface area contributed by atoms with Crippen molar-refractivity contribution < 1.29 is 14.3 Å². The van der Waals surface area contributed by atoms with Crippen LogP contribution >= 0.6 is 0 Å². The molecule has 0 aromatic heterocycles. The number of anilines is 1. The normalized spacial score (nSPS) is 16.8. The first-order chi connectivity index (χ1) is 13.0. The fourth-order valence-electron chi connectivity index (χ4n) is 3.37. The number of nitrogens with one attached hydrogen (secondary N) is 1. The number of amides is 1. The number of fused-ring (bicyclic) bond motifs is 1. The van der Waals surface area contributed by atoms with Crippen molar-refractivity contribution in [2.75, 3.05) is 19.0 Å². The van der Waals surface area contributed by atoms with Gasteiger partial charge in [-0.1, -0.05) is 24.3 Å². The van der Waals surface area contributed by atoms with E-state index in [2.05, 4.69) is 17.4 Å². The number of nitrogens with zero attached hydrogens (tertiary/aromatic N) is 1. The molecule has 0 bridgehead atoms. The number of aryl methyl sites for hydroxylation is 1. The lowest BCUT2D eigenvalue weighted by atomic mass is 9.87. The number of rotatable bonds is 5. The third kappa shape index (κ3) is 4.48. The van der Waals surface area contributed by atoms with Crippen LogP contribution < -0.4 is 10.2 Å². The summed E-state index contributed by atoms with van der Waals surface area (Å²) in [5, 5.41) is 3.03. The summed E-state index contributed by atoms with van der Waals surface area (Å²) in [6.45, 7) is 1.61. The van der Waals surface area contributed by atoms with Gasteiger partial charge in [0.15, 0.2) is 6.10 Å². The van der Waals surface area contributed by atoms with Crippen LogP contribution in [0, 0.1) is 0 Å². The minimum Gasteiger partial charge on any atom is -0.449 e. The molecule has 27 heavy (non-hydrogen) atoms. The van der Waals surface area contributed by atoms with Gasteiger partial charge in [0.05, 0.1) is 11.6 Å². The third-order valence-electron chi connectivity index (χ3n) is 4.96. The SMILES string of the molecule is C[C@@H](OC(=O)c1ccc(N(C)C)cc1)C(=O)N[C@H]1CCCc2ccccc21. The molecule has 0 saturated carbocycles. The molecule has 1 amide bonds. The molecule has 1 aliphatic carbocycles. The molecule has 5 nitrogen and oxygen atoms in total. The molecule has 0 unspecified atom stereocenters. The Morgan fingerprint density at radius 2 is 1.81 bits per heavy atom. The van der Waals surface area contributed by atoms with E-state index < -0.39 is 12.1 Å². The van der Waals surface area contributed by atoms with Crippen molar-refractivity contribution in [3.05, 3.63) is 65.2 Å². The summed E-state index contributed by atoms with van der Waals surface area (Å²) in [6.07, 6.45) is 2.12. The zero-order valence-corrected chi connectivity index (χ0v) is 16.1. The highest BCUT2D eigenvalue weighted by Crippen LogP contribution is 2.29. The van der Waals surface area contributed by atoms with E-state index in [1.54, 1.807) is 19.1 Å². The van der Waals surface area contributed by atoms with Gasteiger partial charge < -0.3 is 15.0 Å². The number of hydrogen-bond donors (Lipinski definition) is 1. The maximum absolute atomic E-state index is 12.5. The molecule has 0 aliphatic heterocycles. The first-order valence-corrected chi connectivity index (χ1v) is 9.32. The van der Waals surface area contributed by atoms with Crippen molar-refractivity contribution in [3.8, 4) is 0 Å². The average Bonchev–Trinajstić information content (AvgIpc) is 2.68. The van der Waals surface area contributed by atoms with Crippen molar-refractivity contribution in [1.82, 2.24) is 5.32 Å². The number of carbonyl (C=O) groups is 2. The number of benzene rings is 2. The number of carbonyl (C=O) groups excluding carboxylic acids is 2. The Balaban J connectivity index is 1.60. The molecular weight excluding hydrogens is 340 g/mol. The molecule has 142 valence electrons. The summed E-state index contributed by atoms with van der Waals surface area (Å²) < 4.78 is 5.36. The van der Waals surface area contributed by atoms with Crippen LogP contribution in [0.3, 0.4) is 0 Å².